The summed E-state index contributed by atoms with van der Waals surface area (Å²) < 4.78 is 0. The van der Waals surface area contributed by atoms with Crippen molar-refractivity contribution in [1.29, 1.82) is 0 Å². The van der Waals surface area contributed by atoms with Crippen LogP contribution in [0, 0.1) is 10.1 Å². The predicted octanol–water partition coefficient (Wildman–Crippen LogP) is 0.220. The summed E-state index contributed by atoms with van der Waals surface area (Å²) >= 11 is 0. The first-order valence-corrected chi connectivity index (χ1v) is 5.76. The molecule has 1 aromatic heterocycles. The van der Waals surface area contributed by atoms with E-state index in [-0.39, 0.29) is 11.4 Å². The SMILES string of the molecule is CCCc1[nH]nc(C(=O)NCCNC)c1[N+](=O)[O-]. The first-order valence-electron chi connectivity index (χ1n) is 5.76. The molecule has 0 spiro atoms. The van der Waals surface area contributed by atoms with Crippen LogP contribution in [-0.4, -0.2) is 41.2 Å². The van der Waals surface area contributed by atoms with Gasteiger partial charge in [-0.1, -0.05) is 13.3 Å². The normalized spacial score (nSPS) is 10.3. The van der Waals surface area contributed by atoms with Crippen molar-refractivity contribution in [2.45, 2.75) is 19.8 Å². The van der Waals surface area contributed by atoms with Crippen LogP contribution in [0.25, 0.3) is 0 Å². The van der Waals surface area contributed by atoms with Crippen molar-refractivity contribution in [3.05, 3.63) is 21.5 Å². The molecule has 0 unspecified atom stereocenters. The number of nitrogens with zero attached hydrogens (tertiary/aromatic N) is 2. The zero-order valence-corrected chi connectivity index (χ0v) is 10.4. The lowest BCUT2D eigenvalue weighted by Crippen LogP contribution is -2.31. The molecular formula is C10H17N5O3. The van der Waals surface area contributed by atoms with Crippen molar-refractivity contribution in [3.8, 4) is 0 Å². The summed E-state index contributed by atoms with van der Waals surface area (Å²) in [6, 6.07) is 0. The Kier molecular flexibility index (Phi) is 5.25. The van der Waals surface area contributed by atoms with Crippen LogP contribution in [0.1, 0.15) is 29.5 Å². The minimum absolute atomic E-state index is 0.153. The quantitative estimate of drug-likeness (QED) is 0.366. The molecule has 0 aliphatic rings. The fraction of sp³-hybridized carbons (Fsp3) is 0.600. The van der Waals surface area contributed by atoms with Crippen molar-refractivity contribution in [2.24, 2.45) is 0 Å². The Morgan fingerprint density at radius 2 is 2.22 bits per heavy atom. The van der Waals surface area contributed by atoms with Gasteiger partial charge in [0.1, 0.15) is 5.69 Å². The summed E-state index contributed by atoms with van der Waals surface area (Å²) in [6.07, 6.45) is 1.23. The number of likely N-dealkylation sites (N-methyl/N-ethyl adjacent to an activating group) is 1. The molecule has 1 heterocycles. The fourth-order valence-corrected chi connectivity index (χ4v) is 1.54. The van der Waals surface area contributed by atoms with Crippen molar-refractivity contribution in [3.63, 3.8) is 0 Å². The van der Waals surface area contributed by atoms with Gasteiger partial charge < -0.3 is 10.6 Å². The molecule has 0 aliphatic heterocycles. The molecule has 1 rings (SSSR count). The number of aromatic nitrogens is 2. The molecule has 1 aromatic rings. The molecule has 8 heteroatoms. The monoisotopic (exact) mass is 255 g/mol. The van der Waals surface area contributed by atoms with Crippen LogP contribution in [0.3, 0.4) is 0 Å². The molecule has 0 bridgehead atoms. The van der Waals surface area contributed by atoms with E-state index in [1.807, 2.05) is 6.92 Å². The third kappa shape index (κ3) is 3.27. The molecule has 0 saturated carbocycles. The maximum Gasteiger partial charge on any atom is 0.322 e. The summed E-state index contributed by atoms with van der Waals surface area (Å²) in [5, 5.41) is 22.7. The number of aryl methyl sites for hydroxylation is 1. The van der Waals surface area contributed by atoms with Crippen molar-refractivity contribution >= 4 is 11.6 Å². The van der Waals surface area contributed by atoms with Crippen molar-refractivity contribution in [1.82, 2.24) is 20.8 Å². The van der Waals surface area contributed by atoms with Crippen LogP contribution in [0.2, 0.25) is 0 Å². The predicted molar refractivity (Wildman–Crippen MR) is 65.5 cm³/mol. The summed E-state index contributed by atoms with van der Waals surface area (Å²) in [5.74, 6) is -0.532. The van der Waals surface area contributed by atoms with E-state index in [0.717, 1.165) is 6.42 Å². The molecule has 0 saturated heterocycles. The molecule has 8 nitrogen and oxygen atoms in total. The Balaban J connectivity index is 2.87. The number of carbonyl (C=O) groups is 1. The van der Waals surface area contributed by atoms with E-state index in [1.165, 1.54) is 0 Å². The Bertz CT molecular complexity index is 429. The molecule has 0 fully saturated rings. The number of nitro groups is 1. The average Bonchev–Trinajstić information content (AvgIpc) is 2.73. The lowest BCUT2D eigenvalue weighted by atomic mass is 10.2. The van der Waals surface area contributed by atoms with Gasteiger partial charge in [0.25, 0.3) is 5.91 Å². The van der Waals surface area contributed by atoms with E-state index >= 15 is 0 Å². The van der Waals surface area contributed by atoms with Crippen LogP contribution >= 0.6 is 0 Å². The number of H-pyrrole nitrogens is 1. The Hall–Kier alpha value is -1.96. The summed E-state index contributed by atoms with van der Waals surface area (Å²) in [6.45, 7) is 2.88. The van der Waals surface area contributed by atoms with Gasteiger partial charge in [-0.25, -0.2) is 0 Å². The lowest BCUT2D eigenvalue weighted by molar-refractivity contribution is -0.385. The lowest BCUT2D eigenvalue weighted by Gasteiger charge is -2.01. The topological polar surface area (TPSA) is 113 Å². The van der Waals surface area contributed by atoms with E-state index in [1.54, 1.807) is 7.05 Å². The van der Waals surface area contributed by atoms with Gasteiger partial charge in [-0.15, -0.1) is 0 Å². The second-order valence-electron chi connectivity index (χ2n) is 3.77. The van der Waals surface area contributed by atoms with Crippen LogP contribution in [0.15, 0.2) is 0 Å². The van der Waals surface area contributed by atoms with Crippen LogP contribution in [0.5, 0.6) is 0 Å². The minimum atomic E-state index is -0.568. The Morgan fingerprint density at radius 1 is 1.50 bits per heavy atom. The molecule has 100 valence electrons. The number of rotatable bonds is 7. The van der Waals surface area contributed by atoms with E-state index < -0.39 is 10.8 Å². The van der Waals surface area contributed by atoms with Gasteiger partial charge in [-0.05, 0) is 13.5 Å². The number of nitrogens with one attached hydrogen (secondary N) is 3. The van der Waals surface area contributed by atoms with Gasteiger partial charge in [-0.2, -0.15) is 5.10 Å². The van der Waals surface area contributed by atoms with Gasteiger partial charge in [0, 0.05) is 13.1 Å². The fourth-order valence-electron chi connectivity index (χ4n) is 1.54. The van der Waals surface area contributed by atoms with Crippen LogP contribution in [0.4, 0.5) is 5.69 Å². The average molecular weight is 255 g/mol. The minimum Gasteiger partial charge on any atom is -0.349 e. The van der Waals surface area contributed by atoms with Crippen molar-refractivity contribution in [2.75, 3.05) is 20.1 Å². The van der Waals surface area contributed by atoms with Gasteiger partial charge in [0.05, 0.1) is 4.92 Å². The largest absolute Gasteiger partial charge is 0.349 e. The molecule has 0 aromatic carbocycles. The highest BCUT2D eigenvalue weighted by Gasteiger charge is 2.28. The third-order valence-electron chi connectivity index (χ3n) is 2.37. The van der Waals surface area contributed by atoms with Gasteiger partial charge in [0.2, 0.25) is 5.69 Å². The first-order chi connectivity index (χ1) is 8.61. The highest BCUT2D eigenvalue weighted by atomic mass is 16.6. The molecule has 3 N–H and O–H groups in total. The maximum absolute atomic E-state index is 11.7. The van der Waals surface area contributed by atoms with E-state index in [2.05, 4.69) is 20.8 Å². The van der Waals surface area contributed by atoms with Crippen LogP contribution in [-0.2, 0) is 6.42 Å². The zero-order chi connectivity index (χ0) is 13.5. The van der Waals surface area contributed by atoms with Crippen molar-refractivity contribution < 1.29 is 9.72 Å². The number of hydrogen-bond donors (Lipinski definition) is 3. The number of amides is 1. The van der Waals surface area contributed by atoms with Gasteiger partial charge in [-0.3, -0.25) is 20.0 Å². The Morgan fingerprint density at radius 3 is 2.78 bits per heavy atom. The molecule has 0 aliphatic carbocycles. The molecule has 1 amide bonds. The molecule has 0 radical (unpaired) electrons. The first kappa shape index (κ1) is 14.1. The Labute approximate surface area is 104 Å². The standard InChI is InChI=1S/C10H17N5O3/c1-3-4-7-9(15(17)18)8(14-13-7)10(16)12-6-5-11-2/h11H,3-6H2,1-2H3,(H,12,16)(H,13,14). The van der Waals surface area contributed by atoms with E-state index in [0.29, 0.717) is 25.2 Å². The number of hydrogen-bond acceptors (Lipinski definition) is 5. The van der Waals surface area contributed by atoms with Crippen LogP contribution < -0.4 is 10.6 Å². The number of aromatic amines is 1. The smallest absolute Gasteiger partial charge is 0.322 e. The second kappa shape index (κ2) is 6.70. The summed E-state index contributed by atoms with van der Waals surface area (Å²) in [5.41, 5.74) is 0.0135. The summed E-state index contributed by atoms with van der Waals surface area (Å²) in [4.78, 5) is 22.1. The van der Waals surface area contributed by atoms with E-state index in [4.69, 9.17) is 0 Å². The van der Waals surface area contributed by atoms with E-state index in [9.17, 15) is 14.9 Å². The maximum atomic E-state index is 11.7. The molecule has 18 heavy (non-hydrogen) atoms. The highest BCUT2D eigenvalue weighted by Crippen LogP contribution is 2.22. The summed E-state index contributed by atoms with van der Waals surface area (Å²) in [7, 11) is 1.75. The van der Waals surface area contributed by atoms with Gasteiger partial charge in [0.15, 0.2) is 0 Å². The molecular weight excluding hydrogens is 238 g/mol. The zero-order valence-electron chi connectivity index (χ0n) is 10.4. The van der Waals surface area contributed by atoms with Gasteiger partial charge >= 0.3 is 5.69 Å². The third-order valence-corrected chi connectivity index (χ3v) is 2.37. The highest BCUT2D eigenvalue weighted by molar-refractivity contribution is 5.96. The molecule has 0 atom stereocenters. The number of carbonyl (C=O) groups excluding carboxylic acids is 1. The second-order valence-corrected chi connectivity index (χ2v) is 3.77.